The number of nitrogens with zero attached hydrogens (tertiary/aromatic N) is 2. The van der Waals surface area contributed by atoms with Gasteiger partial charge < -0.3 is 10.6 Å². The van der Waals surface area contributed by atoms with E-state index in [1.54, 1.807) is 17.4 Å². The summed E-state index contributed by atoms with van der Waals surface area (Å²) < 4.78 is 0. The fourth-order valence-electron chi connectivity index (χ4n) is 1.99. The summed E-state index contributed by atoms with van der Waals surface area (Å²) in [5, 5.41) is 11.0. The first kappa shape index (κ1) is 18.0. The van der Waals surface area contributed by atoms with E-state index in [2.05, 4.69) is 26.0 Å². The smallest absolute Gasteiger partial charge is 0.191 e. The largest absolute Gasteiger partial charge is 0.357 e. The van der Waals surface area contributed by atoms with Gasteiger partial charge in [0.15, 0.2) is 5.96 Å². The van der Waals surface area contributed by atoms with Crippen LogP contribution in [0.25, 0.3) is 0 Å². The summed E-state index contributed by atoms with van der Waals surface area (Å²) in [6, 6.07) is 5.46. The molecule has 0 unspecified atom stereocenters. The number of guanidine groups is 1. The summed E-state index contributed by atoms with van der Waals surface area (Å²) in [5.74, 6) is 0.769. The van der Waals surface area contributed by atoms with Gasteiger partial charge in [-0.15, -0.1) is 11.3 Å². The van der Waals surface area contributed by atoms with Crippen LogP contribution in [-0.4, -0.2) is 24.0 Å². The minimum Gasteiger partial charge on any atom is -0.357 e. The zero-order valence-corrected chi connectivity index (χ0v) is 15.5. The highest BCUT2D eigenvalue weighted by atomic mass is 35.5. The van der Waals surface area contributed by atoms with Crippen molar-refractivity contribution in [2.75, 3.05) is 13.1 Å². The highest BCUT2D eigenvalue weighted by Crippen LogP contribution is 2.21. The number of halogens is 2. The van der Waals surface area contributed by atoms with Crippen LogP contribution in [0.4, 0.5) is 0 Å². The van der Waals surface area contributed by atoms with Crippen molar-refractivity contribution in [1.82, 2.24) is 15.6 Å². The van der Waals surface area contributed by atoms with Crippen molar-refractivity contribution in [1.29, 1.82) is 0 Å². The lowest BCUT2D eigenvalue weighted by atomic mass is 10.2. The predicted octanol–water partition coefficient (Wildman–Crippen LogP) is 4.06. The van der Waals surface area contributed by atoms with Crippen LogP contribution in [0.15, 0.2) is 28.6 Å². The maximum Gasteiger partial charge on any atom is 0.191 e. The second kappa shape index (κ2) is 9.11. The number of aryl methyl sites for hydroxylation is 1. The van der Waals surface area contributed by atoms with Crippen molar-refractivity contribution in [3.8, 4) is 0 Å². The zero-order valence-electron chi connectivity index (χ0n) is 13.2. The van der Waals surface area contributed by atoms with E-state index < -0.39 is 0 Å². The number of hydrogen-bond acceptors (Lipinski definition) is 3. The SMILES string of the molecule is CCNC(=NCc1ccc(Cl)cc1Cl)NCCc1csc(C)n1. The quantitative estimate of drug-likeness (QED) is 0.595. The zero-order chi connectivity index (χ0) is 16.7. The van der Waals surface area contributed by atoms with Crippen molar-refractivity contribution >= 4 is 40.5 Å². The topological polar surface area (TPSA) is 49.3 Å². The molecule has 2 N–H and O–H groups in total. The van der Waals surface area contributed by atoms with Gasteiger partial charge in [-0.3, -0.25) is 0 Å². The molecule has 0 amide bonds. The Morgan fingerprint density at radius 2 is 2.13 bits per heavy atom. The molecule has 0 fully saturated rings. The maximum absolute atomic E-state index is 6.18. The lowest BCUT2D eigenvalue weighted by Gasteiger charge is -2.11. The minimum atomic E-state index is 0.501. The normalized spacial score (nSPS) is 11.6. The average molecular weight is 371 g/mol. The Labute approximate surface area is 151 Å². The van der Waals surface area contributed by atoms with Crippen LogP contribution >= 0.6 is 34.5 Å². The summed E-state index contributed by atoms with van der Waals surface area (Å²) in [7, 11) is 0. The molecule has 0 bridgehead atoms. The molecule has 0 spiro atoms. The molecule has 0 aliphatic carbocycles. The van der Waals surface area contributed by atoms with Crippen LogP contribution in [0.2, 0.25) is 10.0 Å². The van der Waals surface area contributed by atoms with E-state index in [1.165, 1.54) is 0 Å². The highest BCUT2D eigenvalue weighted by Gasteiger charge is 2.03. The van der Waals surface area contributed by atoms with E-state index >= 15 is 0 Å². The maximum atomic E-state index is 6.18. The molecular weight excluding hydrogens is 351 g/mol. The third-order valence-corrected chi connectivity index (χ3v) is 4.52. The number of benzene rings is 1. The second-order valence-corrected chi connectivity index (χ2v) is 6.87. The Morgan fingerprint density at radius 1 is 1.30 bits per heavy atom. The van der Waals surface area contributed by atoms with Gasteiger partial charge in [-0.05, 0) is 31.5 Å². The average Bonchev–Trinajstić information content (AvgIpc) is 2.91. The molecule has 1 aromatic heterocycles. The molecule has 2 rings (SSSR count). The van der Waals surface area contributed by atoms with E-state index in [0.29, 0.717) is 16.6 Å². The molecule has 0 saturated heterocycles. The van der Waals surface area contributed by atoms with Crippen molar-refractivity contribution in [3.63, 3.8) is 0 Å². The Morgan fingerprint density at radius 3 is 2.78 bits per heavy atom. The number of hydrogen-bond donors (Lipinski definition) is 2. The van der Waals surface area contributed by atoms with Gasteiger partial charge >= 0.3 is 0 Å². The van der Waals surface area contributed by atoms with Crippen molar-refractivity contribution in [2.45, 2.75) is 26.8 Å². The van der Waals surface area contributed by atoms with Crippen LogP contribution in [0.3, 0.4) is 0 Å². The molecule has 0 saturated carbocycles. The van der Waals surface area contributed by atoms with E-state index in [4.69, 9.17) is 23.2 Å². The Kier molecular flexibility index (Phi) is 7.15. The van der Waals surface area contributed by atoms with Gasteiger partial charge in [0.05, 0.1) is 17.2 Å². The van der Waals surface area contributed by atoms with Crippen molar-refractivity contribution in [3.05, 3.63) is 49.9 Å². The first-order valence-electron chi connectivity index (χ1n) is 7.45. The Hall–Kier alpha value is -1.30. The van der Waals surface area contributed by atoms with Gasteiger partial charge in [0.25, 0.3) is 0 Å². The molecular formula is C16H20Cl2N4S. The van der Waals surface area contributed by atoms with Gasteiger partial charge in [0.1, 0.15) is 0 Å². The van der Waals surface area contributed by atoms with Gasteiger partial charge in [-0.2, -0.15) is 0 Å². The first-order valence-corrected chi connectivity index (χ1v) is 9.09. The first-order chi connectivity index (χ1) is 11.1. The standard InChI is InChI=1S/C16H20Cl2N4S/c1-3-19-16(20-7-6-14-10-23-11(2)22-14)21-9-12-4-5-13(17)8-15(12)18/h4-5,8,10H,3,6-7,9H2,1-2H3,(H2,19,20,21). The van der Waals surface area contributed by atoms with Crippen LogP contribution < -0.4 is 10.6 Å². The lowest BCUT2D eigenvalue weighted by molar-refractivity contribution is 0.790. The summed E-state index contributed by atoms with van der Waals surface area (Å²) >= 11 is 13.8. The van der Waals surface area contributed by atoms with Gasteiger partial charge in [0, 0.05) is 34.9 Å². The van der Waals surface area contributed by atoms with E-state index in [1.807, 2.05) is 26.0 Å². The van der Waals surface area contributed by atoms with Crippen LogP contribution in [0.1, 0.15) is 23.2 Å². The Bertz CT molecular complexity index is 670. The van der Waals surface area contributed by atoms with Crippen molar-refractivity contribution < 1.29 is 0 Å². The number of nitrogens with one attached hydrogen (secondary N) is 2. The number of rotatable bonds is 6. The van der Waals surface area contributed by atoms with E-state index in [9.17, 15) is 0 Å². The second-order valence-electron chi connectivity index (χ2n) is 4.97. The summed E-state index contributed by atoms with van der Waals surface area (Å²) in [6.45, 7) is 6.14. The fraction of sp³-hybridized carbons (Fsp3) is 0.375. The predicted molar refractivity (Wildman–Crippen MR) is 99.8 cm³/mol. The van der Waals surface area contributed by atoms with Crippen LogP contribution in [0, 0.1) is 6.92 Å². The molecule has 0 aliphatic rings. The van der Waals surface area contributed by atoms with Crippen LogP contribution in [0.5, 0.6) is 0 Å². The molecule has 0 radical (unpaired) electrons. The molecule has 1 aromatic carbocycles. The third kappa shape index (κ3) is 6.01. The number of aromatic nitrogens is 1. The molecule has 0 aliphatic heterocycles. The number of thiazole rings is 1. The van der Waals surface area contributed by atoms with E-state index in [-0.39, 0.29) is 0 Å². The van der Waals surface area contributed by atoms with Crippen LogP contribution in [-0.2, 0) is 13.0 Å². The molecule has 1 heterocycles. The van der Waals surface area contributed by atoms with Gasteiger partial charge in [-0.1, -0.05) is 29.3 Å². The monoisotopic (exact) mass is 370 g/mol. The minimum absolute atomic E-state index is 0.501. The van der Waals surface area contributed by atoms with E-state index in [0.717, 1.165) is 41.7 Å². The highest BCUT2D eigenvalue weighted by molar-refractivity contribution is 7.09. The summed E-state index contributed by atoms with van der Waals surface area (Å²) in [5.41, 5.74) is 2.06. The van der Waals surface area contributed by atoms with Gasteiger partial charge in [-0.25, -0.2) is 9.98 Å². The molecule has 7 heteroatoms. The molecule has 124 valence electrons. The molecule has 2 aromatic rings. The van der Waals surface area contributed by atoms with Gasteiger partial charge in [0.2, 0.25) is 0 Å². The van der Waals surface area contributed by atoms with Crippen molar-refractivity contribution in [2.24, 2.45) is 4.99 Å². The third-order valence-electron chi connectivity index (χ3n) is 3.11. The molecule has 4 nitrogen and oxygen atoms in total. The molecule has 0 atom stereocenters. The summed E-state index contributed by atoms with van der Waals surface area (Å²) in [6.07, 6.45) is 0.871. The summed E-state index contributed by atoms with van der Waals surface area (Å²) in [4.78, 5) is 9.01. The Balaban J connectivity index is 1.91. The fourth-order valence-corrected chi connectivity index (χ4v) is 3.10. The lowest BCUT2D eigenvalue weighted by Crippen LogP contribution is -2.38. The molecule has 23 heavy (non-hydrogen) atoms. The number of aliphatic imine (C=N–C) groups is 1.